The van der Waals surface area contributed by atoms with Crippen molar-refractivity contribution >= 4 is 33.0 Å². The minimum Gasteiger partial charge on any atom is -0.492 e. The first-order valence-electron chi connectivity index (χ1n) is 7.49. The molecule has 0 unspecified atom stereocenters. The Balaban J connectivity index is 2.09. The standard InChI is InChI=1S/C16H20N2O4S2/c1-3-22-15-8-5-4-7-14(15)18(13(2)19)11-10-17-24(20,21)16-9-6-12-23-16/h4-9,12,17H,3,10-11H2,1-2H3. The molecule has 0 aliphatic carbocycles. The van der Waals surface area contributed by atoms with Crippen molar-refractivity contribution in [2.75, 3.05) is 24.6 Å². The molecule has 1 heterocycles. The maximum Gasteiger partial charge on any atom is 0.250 e. The average molecular weight is 368 g/mol. The van der Waals surface area contributed by atoms with Gasteiger partial charge < -0.3 is 9.64 Å². The van der Waals surface area contributed by atoms with Crippen LogP contribution in [0.15, 0.2) is 46.0 Å². The second kappa shape index (κ2) is 8.27. The number of hydrogen-bond acceptors (Lipinski definition) is 5. The molecule has 6 nitrogen and oxygen atoms in total. The van der Waals surface area contributed by atoms with E-state index >= 15 is 0 Å². The first-order chi connectivity index (χ1) is 11.5. The van der Waals surface area contributed by atoms with Gasteiger partial charge in [0.1, 0.15) is 9.96 Å². The molecular formula is C16H20N2O4S2. The van der Waals surface area contributed by atoms with E-state index in [1.54, 1.807) is 29.6 Å². The van der Waals surface area contributed by atoms with Gasteiger partial charge in [-0.15, -0.1) is 11.3 Å². The zero-order valence-electron chi connectivity index (χ0n) is 13.6. The molecule has 1 N–H and O–H groups in total. The van der Waals surface area contributed by atoms with Crippen LogP contribution in [0.4, 0.5) is 5.69 Å². The summed E-state index contributed by atoms with van der Waals surface area (Å²) in [5, 5.41) is 1.70. The van der Waals surface area contributed by atoms with Crippen LogP contribution < -0.4 is 14.4 Å². The highest BCUT2D eigenvalue weighted by molar-refractivity contribution is 7.91. The number of sulfonamides is 1. The van der Waals surface area contributed by atoms with Crippen molar-refractivity contribution in [3.8, 4) is 5.75 Å². The zero-order valence-corrected chi connectivity index (χ0v) is 15.2. The summed E-state index contributed by atoms with van der Waals surface area (Å²) in [7, 11) is -3.54. The SMILES string of the molecule is CCOc1ccccc1N(CCNS(=O)(=O)c1cccs1)C(C)=O. The van der Waals surface area contributed by atoms with Gasteiger partial charge in [-0.1, -0.05) is 18.2 Å². The molecule has 0 bridgehead atoms. The molecule has 2 aromatic rings. The van der Waals surface area contributed by atoms with Crippen molar-refractivity contribution in [3.63, 3.8) is 0 Å². The van der Waals surface area contributed by atoms with E-state index in [4.69, 9.17) is 4.74 Å². The highest BCUT2D eigenvalue weighted by Crippen LogP contribution is 2.28. The lowest BCUT2D eigenvalue weighted by atomic mass is 10.2. The van der Waals surface area contributed by atoms with Crippen LogP contribution in [0.25, 0.3) is 0 Å². The minimum atomic E-state index is -3.54. The maximum atomic E-state index is 12.1. The summed E-state index contributed by atoms with van der Waals surface area (Å²) in [5.74, 6) is 0.411. The average Bonchev–Trinajstić information content (AvgIpc) is 3.08. The van der Waals surface area contributed by atoms with Gasteiger partial charge >= 0.3 is 0 Å². The molecule has 1 aromatic carbocycles. The van der Waals surface area contributed by atoms with Gasteiger partial charge in [-0.2, -0.15) is 0 Å². The van der Waals surface area contributed by atoms with Gasteiger partial charge in [0, 0.05) is 20.0 Å². The van der Waals surface area contributed by atoms with E-state index in [2.05, 4.69) is 4.72 Å². The molecule has 0 saturated carbocycles. The monoisotopic (exact) mass is 368 g/mol. The Bertz CT molecular complexity index is 773. The summed E-state index contributed by atoms with van der Waals surface area (Å²) in [6.45, 7) is 4.11. The Hall–Kier alpha value is -1.90. The van der Waals surface area contributed by atoms with E-state index in [1.807, 2.05) is 19.1 Å². The Labute approximate surface area is 146 Å². The molecule has 0 spiro atoms. The van der Waals surface area contributed by atoms with Gasteiger partial charge in [0.05, 0.1) is 12.3 Å². The summed E-state index contributed by atoms with van der Waals surface area (Å²) in [5.41, 5.74) is 0.627. The quantitative estimate of drug-likeness (QED) is 0.777. The third-order valence-corrected chi connectivity index (χ3v) is 6.08. The molecule has 0 aliphatic heterocycles. The molecule has 1 aromatic heterocycles. The van der Waals surface area contributed by atoms with Crippen molar-refractivity contribution in [2.24, 2.45) is 0 Å². The number of amides is 1. The molecule has 24 heavy (non-hydrogen) atoms. The first kappa shape index (κ1) is 18.4. The fraction of sp³-hybridized carbons (Fsp3) is 0.312. The molecule has 0 fully saturated rings. The fourth-order valence-corrected chi connectivity index (χ4v) is 4.24. The lowest BCUT2D eigenvalue weighted by molar-refractivity contribution is -0.116. The molecule has 0 saturated heterocycles. The topological polar surface area (TPSA) is 75.7 Å². The Morgan fingerprint density at radius 2 is 2.00 bits per heavy atom. The third kappa shape index (κ3) is 4.56. The number of carbonyl (C=O) groups excluding carboxylic acids is 1. The number of nitrogens with one attached hydrogen (secondary N) is 1. The largest absolute Gasteiger partial charge is 0.492 e. The van der Waals surface area contributed by atoms with E-state index in [1.165, 1.54) is 11.8 Å². The number of hydrogen-bond donors (Lipinski definition) is 1. The normalized spacial score (nSPS) is 11.2. The van der Waals surface area contributed by atoms with E-state index in [0.717, 1.165) is 11.3 Å². The number of anilines is 1. The summed E-state index contributed by atoms with van der Waals surface area (Å²) in [6, 6.07) is 10.4. The van der Waals surface area contributed by atoms with Crippen LogP contribution in [-0.4, -0.2) is 34.0 Å². The minimum absolute atomic E-state index is 0.111. The van der Waals surface area contributed by atoms with Gasteiger partial charge in [-0.3, -0.25) is 4.79 Å². The number of benzene rings is 1. The van der Waals surface area contributed by atoms with Gasteiger partial charge in [0.15, 0.2) is 0 Å². The molecule has 0 radical (unpaired) electrons. The van der Waals surface area contributed by atoms with Crippen molar-refractivity contribution < 1.29 is 17.9 Å². The van der Waals surface area contributed by atoms with Crippen LogP contribution in [0.5, 0.6) is 5.75 Å². The second-order valence-corrected chi connectivity index (χ2v) is 7.84. The van der Waals surface area contributed by atoms with Gasteiger partial charge in [-0.25, -0.2) is 13.1 Å². The van der Waals surface area contributed by atoms with E-state index < -0.39 is 10.0 Å². The molecule has 1 amide bonds. The van der Waals surface area contributed by atoms with E-state index in [0.29, 0.717) is 18.0 Å². The number of nitrogens with zero attached hydrogens (tertiary/aromatic N) is 1. The van der Waals surface area contributed by atoms with Crippen LogP contribution in [0.2, 0.25) is 0 Å². The Morgan fingerprint density at radius 3 is 2.62 bits per heavy atom. The second-order valence-electron chi connectivity index (χ2n) is 4.90. The van der Waals surface area contributed by atoms with Crippen molar-refractivity contribution in [1.82, 2.24) is 4.72 Å². The van der Waals surface area contributed by atoms with Crippen LogP contribution in [0, 0.1) is 0 Å². The highest BCUT2D eigenvalue weighted by Gasteiger charge is 2.18. The zero-order chi connectivity index (χ0) is 17.6. The molecule has 2 rings (SSSR count). The molecular weight excluding hydrogens is 348 g/mol. The first-order valence-corrected chi connectivity index (χ1v) is 9.85. The summed E-state index contributed by atoms with van der Waals surface area (Å²) in [4.78, 5) is 13.5. The van der Waals surface area contributed by atoms with E-state index in [-0.39, 0.29) is 23.2 Å². The predicted octanol–water partition coefficient (Wildman–Crippen LogP) is 2.48. The fourth-order valence-electron chi connectivity index (χ4n) is 2.18. The van der Waals surface area contributed by atoms with Crippen molar-refractivity contribution in [1.29, 1.82) is 0 Å². The number of carbonyl (C=O) groups is 1. The van der Waals surface area contributed by atoms with Crippen LogP contribution in [0.3, 0.4) is 0 Å². The van der Waals surface area contributed by atoms with Gasteiger partial charge in [0.2, 0.25) is 15.9 Å². The number of rotatable bonds is 8. The number of ether oxygens (including phenoxy) is 1. The van der Waals surface area contributed by atoms with Crippen molar-refractivity contribution in [2.45, 2.75) is 18.1 Å². The van der Waals surface area contributed by atoms with Crippen molar-refractivity contribution in [3.05, 3.63) is 41.8 Å². The highest BCUT2D eigenvalue weighted by atomic mass is 32.2. The van der Waals surface area contributed by atoms with E-state index in [9.17, 15) is 13.2 Å². The number of para-hydroxylation sites is 2. The molecule has 0 atom stereocenters. The molecule has 8 heteroatoms. The van der Waals surface area contributed by atoms with Gasteiger partial charge in [0.25, 0.3) is 0 Å². The Morgan fingerprint density at radius 1 is 1.25 bits per heavy atom. The molecule has 130 valence electrons. The van der Waals surface area contributed by atoms with Crippen LogP contribution in [-0.2, 0) is 14.8 Å². The summed E-state index contributed by atoms with van der Waals surface area (Å²) in [6.07, 6.45) is 0. The number of thiophene rings is 1. The van der Waals surface area contributed by atoms with Crippen LogP contribution in [0.1, 0.15) is 13.8 Å². The third-order valence-electron chi connectivity index (χ3n) is 3.22. The lowest BCUT2D eigenvalue weighted by Crippen LogP contribution is -2.37. The smallest absolute Gasteiger partial charge is 0.250 e. The summed E-state index contributed by atoms with van der Waals surface area (Å²) < 4.78 is 32.6. The van der Waals surface area contributed by atoms with Gasteiger partial charge in [-0.05, 0) is 30.5 Å². The predicted molar refractivity (Wildman–Crippen MR) is 95.1 cm³/mol. The summed E-state index contributed by atoms with van der Waals surface area (Å²) >= 11 is 1.15. The Kier molecular flexibility index (Phi) is 6.36. The molecule has 0 aliphatic rings. The maximum absolute atomic E-state index is 12.1. The lowest BCUT2D eigenvalue weighted by Gasteiger charge is -2.23. The van der Waals surface area contributed by atoms with Crippen LogP contribution >= 0.6 is 11.3 Å².